The molecule has 1 N–H and O–H groups in total. The Morgan fingerprint density at radius 3 is 2.71 bits per heavy atom. The maximum Gasteiger partial charge on any atom is 0.267 e. The first-order valence-electron chi connectivity index (χ1n) is 9.25. The molecule has 2 aromatic carbocycles. The SMILES string of the molecule is Cc1ccc(-n2c(SCC(=O)Nc3cc(F)ccc3F)nc3ccccc3c2=O)nc1. The zero-order valence-electron chi connectivity index (χ0n) is 16.3. The van der Waals surface area contributed by atoms with Gasteiger partial charge in [0.2, 0.25) is 5.91 Å². The smallest absolute Gasteiger partial charge is 0.267 e. The van der Waals surface area contributed by atoms with Crippen molar-refractivity contribution in [1.29, 1.82) is 0 Å². The Bertz CT molecular complexity index is 1340. The molecule has 4 aromatic rings. The number of carbonyl (C=O) groups is 1. The van der Waals surface area contributed by atoms with E-state index in [1.807, 2.05) is 13.0 Å². The second kappa shape index (κ2) is 8.65. The summed E-state index contributed by atoms with van der Waals surface area (Å²) < 4.78 is 28.5. The van der Waals surface area contributed by atoms with Gasteiger partial charge in [-0.25, -0.2) is 23.3 Å². The molecule has 0 aliphatic rings. The highest BCUT2D eigenvalue weighted by Gasteiger charge is 2.16. The number of aryl methyl sites for hydroxylation is 1. The van der Waals surface area contributed by atoms with Crippen LogP contribution in [0.1, 0.15) is 5.56 Å². The van der Waals surface area contributed by atoms with E-state index in [4.69, 9.17) is 0 Å². The van der Waals surface area contributed by atoms with E-state index in [1.54, 1.807) is 36.5 Å². The lowest BCUT2D eigenvalue weighted by atomic mass is 10.2. The molecule has 2 heterocycles. The van der Waals surface area contributed by atoms with Gasteiger partial charge in [-0.15, -0.1) is 0 Å². The molecule has 31 heavy (non-hydrogen) atoms. The molecule has 0 bridgehead atoms. The Kier molecular flexibility index (Phi) is 5.77. The summed E-state index contributed by atoms with van der Waals surface area (Å²) in [6, 6.07) is 13.2. The topological polar surface area (TPSA) is 76.9 Å². The Hall–Kier alpha value is -3.59. The number of carbonyl (C=O) groups excluding carboxylic acids is 1. The Balaban J connectivity index is 1.67. The Labute approximate surface area is 180 Å². The average molecular weight is 438 g/mol. The third-order valence-electron chi connectivity index (χ3n) is 4.40. The number of aromatic nitrogens is 3. The van der Waals surface area contributed by atoms with Crippen molar-refractivity contribution in [2.24, 2.45) is 0 Å². The fourth-order valence-electron chi connectivity index (χ4n) is 2.91. The quantitative estimate of drug-likeness (QED) is 0.375. The normalized spacial score (nSPS) is 10.9. The molecule has 9 heteroatoms. The third kappa shape index (κ3) is 4.46. The van der Waals surface area contributed by atoms with Gasteiger partial charge in [-0.3, -0.25) is 9.59 Å². The molecule has 4 rings (SSSR count). The van der Waals surface area contributed by atoms with Crippen LogP contribution in [0.2, 0.25) is 0 Å². The number of hydrogen-bond donors (Lipinski definition) is 1. The summed E-state index contributed by atoms with van der Waals surface area (Å²) in [4.78, 5) is 34.3. The minimum Gasteiger partial charge on any atom is -0.323 e. The van der Waals surface area contributed by atoms with Crippen LogP contribution in [0.25, 0.3) is 16.7 Å². The highest BCUT2D eigenvalue weighted by Crippen LogP contribution is 2.22. The Morgan fingerprint density at radius 2 is 1.94 bits per heavy atom. The Morgan fingerprint density at radius 1 is 1.13 bits per heavy atom. The summed E-state index contributed by atoms with van der Waals surface area (Å²) in [6.45, 7) is 1.88. The molecule has 0 aliphatic heterocycles. The molecule has 0 fully saturated rings. The molecule has 0 unspecified atom stereocenters. The van der Waals surface area contributed by atoms with Gasteiger partial charge in [-0.2, -0.15) is 0 Å². The largest absolute Gasteiger partial charge is 0.323 e. The van der Waals surface area contributed by atoms with E-state index in [9.17, 15) is 18.4 Å². The lowest BCUT2D eigenvalue weighted by molar-refractivity contribution is -0.113. The molecule has 0 radical (unpaired) electrons. The first kappa shape index (κ1) is 20.7. The zero-order valence-corrected chi connectivity index (χ0v) is 17.1. The summed E-state index contributed by atoms with van der Waals surface area (Å²) in [5, 5.41) is 3.01. The fourth-order valence-corrected chi connectivity index (χ4v) is 3.71. The number of rotatable bonds is 5. The van der Waals surface area contributed by atoms with E-state index in [1.165, 1.54) is 4.57 Å². The van der Waals surface area contributed by atoms with Gasteiger partial charge in [-0.05, 0) is 42.8 Å². The number of benzene rings is 2. The number of anilines is 1. The minimum absolute atomic E-state index is 0.174. The van der Waals surface area contributed by atoms with Gasteiger partial charge >= 0.3 is 0 Å². The van der Waals surface area contributed by atoms with Crippen molar-refractivity contribution in [2.45, 2.75) is 12.1 Å². The second-order valence-electron chi connectivity index (χ2n) is 6.71. The molecular weight excluding hydrogens is 422 g/mol. The maximum absolute atomic E-state index is 13.8. The van der Waals surface area contributed by atoms with Crippen LogP contribution in [0, 0.1) is 18.6 Å². The van der Waals surface area contributed by atoms with Gasteiger partial charge < -0.3 is 5.32 Å². The molecule has 6 nitrogen and oxygen atoms in total. The predicted molar refractivity (Wildman–Crippen MR) is 116 cm³/mol. The molecule has 156 valence electrons. The van der Waals surface area contributed by atoms with Crippen molar-refractivity contribution in [3.05, 3.63) is 88.3 Å². The zero-order chi connectivity index (χ0) is 22.0. The summed E-state index contributed by atoms with van der Waals surface area (Å²) in [6.07, 6.45) is 1.63. The molecule has 0 aliphatic carbocycles. The number of para-hydroxylation sites is 1. The van der Waals surface area contributed by atoms with Crippen molar-refractivity contribution >= 4 is 34.3 Å². The molecule has 1 amide bonds. The molecule has 2 aromatic heterocycles. The number of thioether (sulfide) groups is 1. The van der Waals surface area contributed by atoms with Crippen molar-refractivity contribution in [3.8, 4) is 5.82 Å². The number of fused-ring (bicyclic) bond motifs is 1. The number of pyridine rings is 1. The van der Waals surface area contributed by atoms with Crippen LogP contribution in [-0.4, -0.2) is 26.2 Å². The van der Waals surface area contributed by atoms with Crippen LogP contribution >= 0.6 is 11.8 Å². The highest BCUT2D eigenvalue weighted by molar-refractivity contribution is 7.99. The second-order valence-corrected chi connectivity index (χ2v) is 7.65. The van der Waals surface area contributed by atoms with Crippen LogP contribution in [0.15, 0.2) is 70.7 Å². The average Bonchev–Trinajstić information content (AvgIpc) is 2.76. The van der Waals surface area contributed by atoms with Crippen LogP contribution in [-0.2, 0) is 4.79 Å². The summed E-state index contributed by atoms with van der Waals surface area (Å²) in [5.41, 5.74) is 0.835. The number of nitrogens with zero attached hydrogens (tertiary/aromatic N) is 3. The van der Waals surface area contributed by atoms with Gasteiger partial charge in [0, 0.05) is 12.3 Å². The van der Waals surface area contributed by atoms with Crippen LogP contribution < -0.4 is 10.9 Å². The molecular formula is C22H16F2N4O2S. The molecule has 0 saturated carbocycles. The van der Waals surface area contributed by atoms with E-state index in [0.29, 0.717) is 16.7 Å². The first-order chi connectivity index (χ1) is 14.9. The molecule has 0 atom stereocenters. The van der Waals surface area contributed by atoms with E-state index in [0.717, 1.165) is 35.5 Å². The number of nitrogens with one attached hydrogen (secondary N) is 1. The van der Waals surface area contributed by atoms with Gasteiger partial charge in [0.1, 0.15) is 17.5 Å². The van der Waals surface area contributed by atoms with E-state index < -0.39 is 17.5 Å². The van der Waals surface area contributed by atoms with E-state index >= 15 is 0 Å². The van der Waals surface area contributed by atoms with Crippen LogP contribution in [0.3, 0.4) is 0 Å². The lowest BCUT2D eigenvalue weighted by Gasteiger charge is -2.13. The monoisotopic (exact) mass is 438 g/mol. The minimum atomic E-state index is -0.746. The summed E-state index contributed by atoms with van der Waals surface area (Å²) in [5.74, 6) is -1.79. The van der Waals surface area contributed by atoms with E-state index in [-0.39, 0.29) is 22.2 Å². The first-order valence-corrected chi connectivity index (χ1v) is 10.2. The number of halogens is 2. The van der Waals surface area contributed by atoms with Crippen LogP contribution in [0.5, 0.6) is 0 Å². The fraction of sp³-hybridized carbons (Fsp3) is 0.0909. The maximum atomic E-state index is 13.8. The van der Waals surface area contributed by atoms with E-state index in [2.05, 4.69) is 15.3 Å². The molecule has 0 spiro atoms. The van der Waals surface area contributed by atoms with Crippen molar-refractivity contribution in [2.75, 3.05) is 11.1 Å². The highest BCUT2D eigenvalue weighted by atomic mass is 32.2. The number of hydrogen-bond acceptors (Lipinski definition) is 5. The van der Waals surface area contributed by atoms with Crippen molar-refractivity contribution in [3.63, 3.8) is 0 Å². The van der Waals surface area contributed by atoms with Gasteiger partial charge in [-0.1, -0.05) is 30.0 Å². The number of amides is 1. The predicted octanol–water partition coefficient (Wildman–Crippen LogP) is 4.10. The lowest BCUT2D eigenvalue weighted by Crippen LogP contribution is -2.23. The van der Waals surface area contributed by atoms with Gasteiger partial charge in [0.15, 0.2) is 5.16 Å². The molecule has 0 saturated heterocycles. The summed E-state index contributed by atoms with van der Waals surface area (Å²) in [7, 11) is 0. The standard InChI is InChI=1S/C22H16F2N4O2S/c1-13-6-9-19(25-11-13)28-21(30)15-4-2-3-5-17(15)27-22(28)31-12-20(29)26-18-10-14(23)7-8-16(18)24/h2-11H,12H2,1H3,(H,26,29). The van der Waals surface area contributed by atoms with Crippen LogP contribution in [0.4, 0.5) is 14.5 Å². The van der Waals surface area contributed by atoms with Gasteiger partial charge in [0.05, 0.1) is 22.3 Å². The summed E-state index contributed by atoms with van der Waals surface area (Å²) >= 11 is 0.996. The van der Waals surface area contributed by atoms with Gasteiger partial charge in [0.25, 0.3) is 5.56 Å². The third-order valence-corrected chi connectivity index (χ3v) is 5.34. The van der Waals surface area contributed by atoms with Crippen molar-refractivity contribution in [1.82, 2.24) is 14.5 Å². The van der Waals surface area contributed by atoms with Crippen molar-refractivity contribution < 1.29 is 13.6 Å².